The van der Waals surface area contributed by atoms with Crippen LogP contribution in [-0.4, -0.2) is 200 Å². The Morgan fingerprint density at radius 1 is 0.310 bits per heavy atom. The monoisotopic (exact) mass is 1010 g/mol. The largest absolute Gasteiger partial charge is 3.00 e. The van der Waals surface area contributed by atoms with Crippen molar-refractivity contribution in [1.82, 2.24) is 0 Å². The predicted molar refractivity (Wildman–Crippen MR) is 105 cm³/mol. The van der Waals surface area contributed by atoms with Gasteiger partial charge in [-0.25, -0.2) is 9.59 Å². The number of carboxylic acids is 8. The smallest absolute Gasteiger partial charge is 0.547 e. The van der Waals surface area contributed by atoms with Crippen molar-refractivity contribution >= 4 is 100 Å². The van der Waals surface area contributed by atoms with Crippen LogP contribution >= 0.6 is 0 Å². The molecule has 0 fully saturated rings. The molecule has 4 radical (unpaired) electrons. The van der Waals surface area contributed by atoms with Gasteiger partial charge in [0.05, 0.1) is 35.8 Å². The Morgan fingerprint density at radius 3 is 0.452 bits per heavy atom. The Balaban J connectivity index is -0.000000101. The third kappa shape index (κ3) is 23.9. The molecule has 0 aliphatic carbocycles. The number of hydrogen-bond acceptors (Lipinski definition) is 22. The minimum Gasteiger partial charge on any atom is -0.547 e. The van der Waals surface area contributed by atoms with Crippen LogP contribution in [0, 0.1) is 0 Å². The first-order chi connectivity index (χ1) is 17.9. The quantitative estimate of drug-likeness (QED) is 0.0812. The second kappa shape index (κ2) is 25.9. The van der Waals surface area contributed by atoms with Crippen molar-refractivity contribution in [1.29, 1.82) is 0 Å². The van der Waals surface area contributed by atoms with Crippen molar-refractivity contribution in [3.05, 3.63) is 0 Å². The Hall–Kier alpha value is -2.79. The van der Waals surface area contributed by atoms with Crippen molar-refractivity contribution in [3.8, 4) is 0 Å². The van der Waals surface area contributed by atoms with Crippen molar-refractivity contribution < 1.29 is 120 Å². The Morgan fingerprint density at radius 2 is 0.405 bits per heavy atom. The van der Waals surface area contributed by atoms with E-state index < -0.39 is 96.6 Å². The molecule has 0 aliphatic rings. The number of aliphatic carboxylic acids is 8. The van der Waals surface area contributed by atoms with E-state index in [1.807, 2.05) is 0 Å². The number of hydrogen-bond donors (Lipinski definition) is 10. The molecule has 8 unspecified atom stereocenters. The van der Waals surface area contributed by atoms with E-state index >= 15 is 0 Å². The number of aliphatic hydroxyl groups excluding tert-OH is 8. The molecular weight excluding hydrogens is 994 g/mol. The van der Waals surface area contributed by atoms with Gasteiger partial charge in [-0.05, 0) is 0 Å². The summed E-state index contributed by atoms with van der Waals surface area (Å²) >= 11 is 0. The fraction of sp³-hybridized carbons (Fsp3) is 0.500. The minimum absolute atomic E-state index is 0. The molecule has 0 amide bonds. The molecule has 0 aromatic rings. The van der Waals surface area contributed by atoms with E-state index in [4.69, 9.17) is 51.1 Å². The number of carbonyl (C=O) groups is 8. The Labute approximate surface area is 268 Å². The maximum atomic E-state index is 9.77. The van der Waals surface area contributed by atoms with Gasteiger partial charge < -0.3 is 110 Å². The molecule has 0 aromatic heterocycles. The fourth-order valence-electron chi connectivity index (χ4n) is 1.04. The molecule has 8 atom stereocenters. The van der Waals surface area contributed by atoms with Gasteiger partial charge in [-0.15, -0.1) is 0 Å². The maximum Gasteiger partial charge on any atom is 3.00 e. The average molecular weight is 1010 g/mol. The van der Waals surface area contributed by atoms with Crippen LogP contribution in [0.2, 0.25) is 0 Å². The molecule has 0 bridgehead atoms. The summed E-state index contributed by atoms with van der Waals surface area (Å²) in [6.45, 7) is 0. The summed E-state index contributed by atoms with van der Waals surface area (Å²) < 4.78 is 0. The van der Waals surface area contributed by atoms with E-state index in [0.717, 1.165) is 0 Å². The molecule has 0 aromatic carbocycles. The molecule has 26 heteroatoms. The summed E-state index contributed by atoms with van der Waals surface area (Å²) in [5.41, 5.74) is 0. The van der Waals surface area contributed by atoms with E-state index in [2.05, 4.69) is 0 Å². The zero-order chi connectivity index (χ0) is 33.2. The van der Waals surface area contributed by atoms with E-state index in [-0.39, 0.29) is 52.4 Å². The van der Waals surface area contributed by atoms with Crippen LogP contribution in [0.4, 0.5) is 0 Å². The van der Waals surface area contributed by atoms with Gasteiger partial charge >= 0.3 is 64.3 Å². The first-order valence-electron chi connectivity index (χ1n) is 9.01. The van der Waals surface area contributed by atoms with Crippen LogP contribution in [0.5, 0.6) is 0 Å². The van der Waals surface area contributed by atoms with Gasteiger partial charge in [-0.3, -0.25) is 0 Å². The molecule has 10 N–H and O–H groups in total. The molecule has 0 rings (SSSR count). The van der Waals surface area contributed by atoms with Gasteiger partial charge in [0, 0.05) is 0 Å². The summed E-state index contributed by atoms with van der Waals surface area (Å²) in [4.78, 5) is 77.3. The van der Waals surface area contributed by atoms with Crippen LogP contribution in [0.3, 0.4) is 0 Å². The SMILES string of the molecule is O=C(O)C(O)C(O)C(=O)O.O=C([O-])C(O)C(O)C(=O)[O-].O=C([O-])C(O)C(O)C(=O)[O-].O=C([O-])C(O)C(O)C(=O)[O-].[Bi+3].[Bi+3]. The van der Waals surface area contributed by atoms with Gasteiger partial charge in [-0.2, -0.15) is 0 Å². The molecule has 0 saturated carbocycles. The predicted octanol–water partition coefficient (Wildman–Crippen LogP) is -17.3. The molecule has 0 saturated heterocycles. The second-order valence-electron chi connectivity index (χ2n) is 6.15. The summed E-state index contributed by atoms with van der Waals surface area (Å²) in [5, 5.41) is 140. The Bertz CT molecular complexity index is 691. The van der Waals surface area contributed by atoms with E-state index in [9.17, 15) is 69.0 Å². The van der Waals surface area contributed by atoms with E-state index in [1.54, 1.807) is 0 Å². The minimum atomic E-state index is -2.44. The molecular formula is C16H18Bi2O24. The first-order valence-corrected chi connectivity index (χ1v) is 9.01. The molecule has 42 heavy (non-hydrogen) atoms. The molecule has 0 aliphatic heterocycles. The van der Waals surface area contributed by atoms with Crippen LogP contribution in [0.25, 0.3) is 0 Å². The van der Waals surface area contributed by atoms with Crippen molar-refractivity contribution in [2.24, 2.45) is 0 Å². The number of rotatable bonds is 12. The third-order valence-electron chi connectivity index (χ3n) is 3.15. The van der Waals surface area contributed by atoms with Gasteiger partial charge in [0.1, 0.15) is 36.6 Å². The molecule has 236 valence electrons. The Kier molecular flexibility index (Phi) is 32.0. The zero-order valence-corrected chi connectivity index (χ0v) is 26.7. The first kappa shape index (κ1) is 51.9. The second-order valence-corrected chi connectivity index (χ2v) is 6.15. The average Bonchev–Trinajstić information content (AvgIpc) is 2.85. The van der Waals surface area contributed by atoms with Crippen molar-refractivity contribution in [2.45, 2.75) is 48.8 Å². The molecule has 0 spiro atoms. The zero-order valence-electron chi connectivity index (χ0n) is 19.7. The maximum absolute atomic E-state index is 9.77. The fourth-order valence-corrected chi connectivity index (χ4v) is 1.04. The van der Waals surface area contributed by atoms with Crippen molar-refractivity contribution in [2.75, 3.05) is 0 Å². The standard InChI is InChI=1S/4C4H6O6.2Bi/c4*5-1(3(7)8)2(6)4(9)10;;/h4*1-2,5-6H,(H,7,8)(H,9,10);;/q;;;;2*+3/p-6. The van der Waals surface area contributed by atoms with E-state index in [1.165, 1.54) is 0 Å². The number of carboxylic acid groups (broad SMARTS) is 8. The summed E-state index contributed by atoms with van der Waals surface area (Å²) in [6, 6.07) is 0. The number of aliphatic hydroxyl groups is 8. The summed E-state index contributed by atoms with van der Waals surface area (Å²) in [5.74, 6) is -15.9. The molecule has 24 nitrogen and oxygen atoms in total. The normalized spacial score (nSPS) is 15.0. The van der Waals surface area contributed by atoms with Crippen LogP contribution < -0.4 is 30.6 Å². The van der Waals surface area contributed by atoms with Gasteiger partial charge in [-0.1, -0.05) is 0 Å². The van der Waals surface area contributed by atoms with Gasteiger partial charge in [0.2, 0.25) is 0 Å². The molecule has 0 heterocycles. The van der Waals surface area contributed by atoms with E-state index in [0.29, 0.717) is 0 Å². The number of carbonyl (C=O) groups excluding carboxylic acids is 6. The topological polar surface area (TPSA) is 477 Å². The summed E-state index contributed by atoms with van der Waals surface area (Å²) in [7, 11) is 0. The third-order valence-corrected chi connectivity index (χ3v) is 3.15. The summed E-state index contributed by atoms with van der Waals surface area (Å²) in [6.07, 6.45) is -19.2. The van der Waals surface area contributed by atoms with Gasteiger partial charge in [0.15, 0.2) is 12.2 Å². The van der Waals surface area contributed by atoms with Crippen molar-refractivity contribution in [3.63, 3.8) is 0 Å². The van der Waals surface area contributed by atoms with Crippen LogP contribution in [0.15, 0.2) is 0 Å². The van der Waals surface area contributed by atoms with Crippen LogP contribution in [0.1, 0.15) is 0 Å². The van der Waals surface area contributed by atoms with Gasteiger partial charge in [0.25, 0.3) is 0 Å². The van der Waals surface area contributed by atoms with Crippen LogP contribution in [-0.2, 0) is 38.4 Å².